The molecule has 0 amide bonds. The molecule has 3 heteroatoms. The Morgan fingerprint density at radius 2 is 2.25 bits per heavy atom. The van der Waals surface area contributed by atoms with Gasteiger partial charge in [-0.2, -0.15) is 0 Å². The smallest absolute Gasteiger partial charge is 0.307 e. The fourth-order valence-corrected chi connectivity index (χ4v) is 2.63. The minimum absolute atomic E-state index is 0.00405. The second-order valence-corrected chi connectivity index (χ2v) is 4.18. The summed E-state index contributed by atoms with van der Waals surface area (Å²) in [5, 5.41) is 8.83. The molecule has 2 saturated carbocycles. The van der Waals surface area contributed by atoms with Gasteiger partial charge in [0, 0.05) is 6.04 Å². The lowest BCUT2D eigenvalue weighted by atomic mass is 9.80. The fraction of sp³-hybridized carbons (Fsp3) is 0.889. The third kappa shape index (κ3) is 0.959. The van der Waals surface area contributed by atoms with Crippen molar-refractivity contribution in [2.75, 3.05) is 0 Å². The van der Waals surface area contributed by atoms with E-state index in [0.717, 1.165) is 25.7 Å². The van der Waals surface area contributed by atoms with Crippen molar-refractivity contribution in [3.63, 3.8) is 0 Å². The molecule has 3 atom stereocenters. The van der Waals surface area contributed by atoms with Crippen LogP contribution in [0.3, 0.4) is 0 Å². The molecule has 2 aliphatic rings. The molecule has 0 aromatic carbocycles. The van der Waals surface area contributed by atoms with Crippen LogP contribution in [0.1, 0.15) is 32.1 Å². The maximum absolute atomic E-state index is 10.7. The van der Waals surface area contributed by atoms with Crippen LogP contribution in [0.25, 0.3) is 0 Å². The topological polar surface area (TPSA) is 63.3 Å². The molecule has 3 nitrogen and oxygen atoms in total. The summed E-state index contributed by atoms with van der Waals surface area (Å²) in [5.74, 6) is -0.778. The third-order valence-corrected chi connectivity index (χ3v) is 3.56. The Hall–Kier alpha value is -0.570. The van der Waals surface area contributed by atoms with Crippen LogP contribution in [0, 0.1) is 11.3 Å². The zero-order valence-electron chi connectivity index (χ0n) is 7.12. The molecule has 0 bridgehead atoms. The molecule has 0 heterocycles. The summed E-state index contributed by atoms with van der Waals surface area (Å²) in [7, 11) is 0. The molecule has 2 fully saturated rings. The molecule has 0 aliphatic heterocycles. The molecule has 0 aromatic heterocycles. The standard InChI is InChI=1S/C9H15NO2/c10-7-3-1-2-4-9(7)5-6(9)8(11)12/h6-7H,1-5,10H2,(H,11,12). The third-order valence-electron chi connectivity index (χ3n) is 3.56. The Balaban J connectivity index is 2.07. The van der Waals surface area contributed by atoms with Gasteiger partial charge in [-0.15, -0.1) is 0 Å². The molecule has 68 valence electrons. The van der Waals surface area contributed by atoms with E-state index in [9.17, 15) is 4.79 Å². The minimum atomic E-state index is -0.646. The number of rotatable bonds is 1. The van der Waals surface area contributed by atoms with Crippen molar-refractivity contribution in [2.24, 2.45) is 17.1 Å². The van der Waals surface area contributed by atoms with Crippen LogP contribution < -0.4 is 5.73 Å². The molecule has 3 unspecified atom stereocenters. The molecule has 0 aromatic rings. The Bertz CT molecular complexity index is 217. The first-order valence-corrected chi connectivity index (χ1v) is 4.65. The summed E-state index contributed by atoms with van der Waals surface area (Å²) in [6.07, 6.45) is 5.21. The van der Waals surface area contributed by atoms with Crippen LogP contribution in [0.15, 0.2) is 0 Å². The summed E-state index contributed by atoms with van der Waals surface area (Å²) in [4.78, 5) is 10.7. The van der Waals surface area contributed by atoms with E-state index in [2.05, 4.69) is 0 Å². The van der Waals surface area contributed by atoms with Gasteiger partial charge in [0.15, 0.2) is 0 Å². The SMILES string of the molecule is NC1CCCCC12CC2C(=O)O. The summed E-state index contributed by atoms with van der Waals surface area (Å²) < 4.78 is 0. The van der Waals surface area contributed by atoms with Gasteiger partial charge < -0.3 is 10.8 Å². The van der Waals surface area contributed by atoms with Crippen LogP contribution in [-0.4, -0.2) is 17.1 Å². The highest BCUT2D eigenvalue weighted by molar-refractivity contribution is 5.75. The number of hydrogen-bond acceptors (Lipinski definition) is 2. The molecule has 1 spiro atoms. The van der Waals surface area contributed by atoms with Crippen molar-refractivity contribution >= 4 is 5.97 Å². The molecule has 2 rings (SSSR count). The Kier molecular flexibility index (Phi) is 1.65. The van der Waals surface area contributed by atoms with E-state index in [4.69, 9.17) is 10.8 Å². The van der Waals surface area contributed by atoms with Crippen LogP contribution in [0.2, 0.25) is 0 Å². The molecule has 3 N–H and O–H groups in total. The largest absolute Gasteiger partial charge is 0.481 e. The highest BCUT2D eigenvalue weighted by atomic mass is 16.4. The lowest BCUT2D eigenvalue weighted by Gasteiger charge is -2.29. The van der Waals surface area contributed by atoms with Crippen LogP contribution >= 0.6 is 0 Å². The maximum atomic E-state index is 10.7. The number of carbonyl (C=O) groups is 1. The minimum Gasteiger partial charge on any atom is -0.481 e. The average Bonchev–Trinajstić information content (AvgIpc) is 2.72. The summed E-state index contributed by atoms with van der Waals surface area (Å²) in [6, 6.07) is 0.146. The van der Waals surface area contributed by atoms with Crippen molar-refractivity contribution < 1.29 is 9.90 Å². The van der Waals surface area contributed by atoms with Gasteiger partial charge >= 0.3 is 5.97 Å². The van der Waals surface area contributed by atoms with Gasteiger partial charge in [0.2, 0.25) is 0 Å². The van der Waals surface area contributed by atoms with Gasteiger partial charge in [0.1, 0.15) is 0 Å². The predicted molar refractivity (Wildman–Crippen MR) is 44.6 cm³/mol. The lowest BCUT2D eigenvalue weighted by molar-refractivity contribution is -0.139. The number of hydrogen-bond donors (Lipinski definition) is 2. The molecular formula is C9H15NO2. The lowest BCUT2D eigenvalue weighted by Crippen LogP contribution is -2.37. The molecule has 2 aliphatic carbocycles. The Labute approximate surface area is 71.9 Å². The van der Waals surface area contributed by atoms with Crippen LogP contribution in [-0.2, 0) is 4.79 Å². The first kappa shape index (κ1) is 8.05. The zero-order valence-corrected chi connectivity index (χ0v) is 7.12. The summed E-state index contributed by atoms with van der Waals surface area (Å²) in [5.41, 5.74) is 5.94. The number of aliphatic carboxylic acids is 1. The maximum Gasteiger partial charge on any atom is 0.307 e. The van der Waals surface area contributed by atoms with Crippen LogP contribution in [0.5, 0.6) is 0 Å². The Morgan fingerprint density at radius 3 is 2.75 bits per heavy atom. The van der Waals surface area contributed by atoms with Crippen LogP contribution in [0.4, 0.5) is 0 Å². The van der Waals surface area contributed by atoms with Gasteiger partial charge in [-0.1, -0.05) is 12.8 Å². The van der Waals surface area contributed by atoms with E-state index >= 15 is 0 Å². The van der Waals surface area contributed by atoms with E-state index < -0.39 is 5.97 Å². The first-order valence-electron chi connectivity index (χ1n) is 4.65. The van der Waals surface area contributed by atoms with Gasteiger partial charge in [0.25, 0.3) is 0 Å². The van der Waals surface area contributed by atoms with Gasteiger partial charge in [-0.3, -0.25) is 4.79 Å². The second kappa shape index (κ2) is 2.46. The number of nitrogens with two attached hydrogens (primary N) is 1. The van der Waals surface area contributed by atoms with Crippen molar-refractivity contribution in [3.8, 4) is 0 Å². The normalized spacial score (nSPS) is 46.1. The monoisotopic (exact) mass is 169 g/mol. The molecule has 12 heavy (non-hydrogen) atoms. The van der Waals surface area contributed by atoms with Gasteiger partial charge in [0.05, 0.1) is 5.92 Å². The number of carboxylic acids is 1. The van der Waals surface area contributed by atoms with Crippen molar-refractivity contribution in [1.29, 1.82) is 0 Å². The fourth-order valence-electron chi connectivity index (χ4n) is 2.63. The highest BCUT2D eigenvalue weighted by Gasteiger charge is 2.61. The van der Waals surface area contributed by atoms with Gasteiger partial charge in [-0.05, 0) is 24.7 Å². The van der Waals surface area contributed by atoms with Crippen molar-refractivity contribution in [1.82, 2.24) is 0 Å². The Morgan fingerprint density at radius 1 is 1.50 bits per heavy atom. The van der Waals surface area contributed by atoms with Gasteiger partial charge in [-0.25, -0.2) is 0 Å². The van der Waals surface area contributed by atoms with E-state index in [1.54, 1.807) is 0 Å². The van der Waals surface area contributed by atoms with E-state index in [0.29, 0.717) is 0 Å². The zero-order chi connectivity index (χ0) is 8.77. The highest BCUT2D eigenvalue weighted by Crippen LogP contribution is 2.60. The number of carboxylic acid groups (broad SMARTS) is 1. The van der Waals surface area contributed by atoms with E-state index in [-0.39, 0.29) is 17.4 Å². The quantitative estimate of drug-likeness (QED) is 0.615. The molecular weight excluding hydrogens is 154 g/mol. The van der Waals surface area contributed by atoms with E-state index in [1.165, 1.54) is 6.42 Å². The summed E-state index contributed by atoms with van der Waals surface area (Å²) in [6.45, 7) is 0. The molecule has 0 radical (unpaired) electrons. The second-order valence-electron chi connectivity index (χ2n) is 4.18. The van der Waals surface area contributed by atoms with Crippen molar-refractivity contribution in [2.45, 2.75) is 38.1 Å². The van der Waals surface area contributed by atoms with Crippen molar-refractivity contribution in [3.05, 3.63) is 0 Å². The average molecular weight is 169 g/mol. The predicted octanol–water partition coefficient (Wildman–Crippen LogP) is 0.979. The first-order chi connectivity index (χ1) is 5.67. The summed E-state index contributed by atoms with van der Waals surface area (Å²) >= 11 is 0. The van der Waals surface area contributed by atoms with E-state index in [1.807, 2.05) is 0 Å². The molecule has 0 saturated heterocycles.